The van der Waals surface area contributed by atoms with E-state index in [1.54, 1.807) is 6.07 Å². The second kappa shape index (κ2) is 6.93. The molecule has 0 bridgehead atoms. The standard InChI is InChI=1S/C12H10ClFN4OS/c1-7(12(19)16-6-20)17-18(2)11-4-9(13)8(5-15)3-10(11)14/h3-4,6H,1-2H3,(H,16,19,20)/b17-7-. The summed E-state index contributed by atoms with van der Waals surface area (Å²) in [5.74, 6) is -1.16. The fourth-order valence-electron chi connectivity index (χ4n) is 1.35. The van der Waals surface area contributed by atoms with E-state index in [-0.39, 0.29) is 22.0 Å². The predicted octanol–water partition coefficient (Wildman–Crippen LogP) is 2.24. The van der Waals surface area contributed by atoms with Gasteiger partial charge in [-0.3, -0.25) is 9.80 Å². The molecule has 20 heavy (non-hydrogen) atoms. The zero-order chi connectivity index (χ0) is 15.3. The third-order valence-corrected chi connectivity index (χ3v) is 2.75. The Hall–Kier alpha value is -2.04. The highest BCUT2D eigenvalue weighted by molar-refractivity contribution is 7.78. The van der Waals surface area contributed by atoms with Crippen LogP contribution in [0.25, 0.3) is 0 Å². The summed E-state index contributed by atoms with van der Waals surface area (Å²) in [4.78, 5) is 11.4. The molecule has 1 aromatic carbocycles. The maximum Gasteiger partial charge on any atom is 0.271 e. The third-order valence-electron chi connectivity index (χ3n) is 2.32. The molecule has 0 saturated carbocycles. The number of nitrogens with zero attached hydrogens (tertiary/aromatic N) is 3. The molecule has 104 valence electrons. The van der Waals surface area contributed by atoms with Crippen LogP contribution in [0.4, 0.5) is 10.1 Å². The molecule has 0 atom stereocenters. The molecule has 0 aliphatic carbocycles. The first-order valence-corrected chi connectivity index (χ1v) is 6.18. The van der Waals surface area contributed by atoms with Gasteiger partial charge in [0.25, 0.3) is 5.91 Å². The number of halogens is 2. The lowest BCUT2D eigenvalue weighted by molar-refractivity contribution is -0.113. The van der Waals surface area contributed by atoms with Gasteiger partial charge in [-0.15, -0.1) is 0 Å². The Labute approximate surface area is 125 Å². The van der Waals surface area contributed by atoms with Crippen molar-refractivity contribution in [3.05, 3.63) is 28.5 Å². The fourth-order valence-corrected chi connectivity index (χ4v) is 1.66. The maximum absolute atomic E-state index is 13.8. The average molecular weight is 313 g/mol. The molecule has 1 amide bonds. The molecule has 0 saturated heterocycles. The van der Waals surface area contributed by atoms with Crippen LogP contribution in [0.5, 0.6) is 0 Å². The molecule has 0 spiro atoms. The highest BCUT2D eigenvalue weighted by Crippen LogP contribution is 2.26. The van der Waals surface area contributed by atoms with Gasteiger partial charge in [0.1, 0.15) is 17.6 Å². The second-order valence-corrected chi connectivity index (χ2v) is 4.34. The van der Waals surface area contributed by atoms with Crippen LogP contribution in [-0.2, 0) is 4.79 Å². The highest BCUT2D eigenvalue weighted by Gasteiger charge is 2.13. The second-order valence-electron chi connectivity index (χ2n) is 3.70. The van der Waals surface area contributed by atoms with Crippen molar-refractivity contribution in [2.45, 2.75) is 6.92 Å². The summed E-state index contributed by atoms with van der Waals surface area (Å²) in [6.07, 6.45) is 0. The van der Waals surface area contributed by atoms with Crippen LogP contribution in [0.15, 0.2) is 17.2 Å². The number of nitrogens with one attached hydrogen (secondary N) is 1. The SMILES string of the molecule is C/C(=N/N(C)c1cc(Cl)c(C#N)cc1F)C(=O)NC=S. The summed E-state index contributed by atoms with van der Waals surface area (Å²) in [5.41, 5.74) is 1.22. The number of amides is 1. The number of benzene rings is 1. The first-order chi connectivity index (χ1) is 9.40. The van der Waals surface area contributed by atoms with Crippen LogP contribution >= 0.6 is 23.8 Å². The fraction of sp³-hybridized carbons (Fsp3) is 0.167. The van der Waals surface area contributed by atoms with Crippen molar-refractivity contribution in [1.29, 1.82) is 5.26 Å². The van der Waals surface area contributed by atoms with Gasteiger partial charge in [-0.05, 0) is 19.1 Å². The van der Waals surface area contributed by atoms with Gasteiger partial charge in [-0.2, -0.15) is 10.4 Å². The quantitative estimate of drug-likeness (QED) is 0.526. The third kappa shape index (κ3) is 3.73. The normalized spacial score (nSPS) is 10.7. The van der Waals surface area contributed by atoms with Gasteiger partial charge >= 0.3 is 0 Å². The Kier molecular flexibility index (Phi) is 5.55. The van der Waals surface area contributed by atoms with Crippen molar-refractivity contribution in [2.75, 3.05) is 12.1 Å². The van der Waals surface area contributed by atoms with Gasteiger partial charge in [0.05, 0.1) is 21.8 Å². The molecule has 1 N–H and O–H groups in total. The number of hydrogen-bond acceptors (Lipinski definition) is 5. The Balaban J connectivity index is 3.10. The molecule has 5 nitrogen and oxygen atoms in total. The van der Waals surface area contributed by atoms with E-state index in [1.165, 1.54) is 20.0 Å². The summed E-state index contributed by atoms with van der Waals surface area (Å²) in [5, 5.41) is 16.2. The summed E-state index contributed by atoms with van der Waals surface area (Å²) in [7, 11) is 1.45. The van der Waals surface area contributed by atoms with E-state index in [2.05, 4.69) is 22.6 Å². The summed E-state index contributed by atoms with van der Waals surface area (Å²) >= 11 is 10.3. The van der Waals surface area contributed by atoms with Crippen LogP contribution in [0.1, 0.15) is 12.5 Å². The van der Waals surface area contributed by atoms with Gasteiger partial charge in [0.2, 0.25) is 0 Å². The molecule has 0 aromatic heterocycles. The Bertz CT molecular complexity index is 627. The van der Waals surface area contributed by atoms with E-state index in [1.807, 2.05) is 0 Å². The number of carbonyl (C=O) groups excluding carboxylic acids is 1. The number of carbonyl (C=O) groups is 1. The first kappa shape index (κ1) is 16.0. The first-order valence-electron chi connectivity index (χ1n) is 5.33. The number of hydrazone groups is 1. The Morgan fingerprint density at radius 3 is 2.85 bits per heavy atom. The number of nitriles is 1. The molecule has 8 heteroatoms. The van der Waals surface area contributed by atoms with Gasteiger partial charge in [-0.25, -0.2) is 4.39 Å². The van der Waals surface area contributed by atoms with Crippen molar-refractivity contribution < 1.29 is 9.18 Å². The zero-order valence-electron chi connectivity index (χ0n) is 10.6. The van der Waals surface area contributed by atoms with Gasteiger partial charge in [0.15, 0.2) is 0 Å². The minimum atomic E-state index is -0.666. The van der Waals surface area contributed by atoms with Crippen molar-refractivity contribution in [1.82, 2.24) is 5.32 Å². The molecule has 1 aromatic rings. The van der Waals surface area contributed by atoms with Crippen molar-refractivity contribution in [3.8, 4) is 6.07 Å². The van der Waals surface area contributed by atoms with E-state index in [0.717, 1.165) is 16.6 Å². The van der Waals surface area contributed by atoms with E-state index >= 15 is 0 Å². The summed E-state index contributed by atoms with van der Waals surface area (Å²) in [6.45, 7) is 1.45. The predicted molar refractivity (Wildman–Crippen MR) is 79.4 cm³/mol. The largest absolute Gasteiger partial charge is 0.318 e. The van der Waals surface area contributed by atoms with Crippen LogP contribution < -0.4 is 10.3 Å². The number of rotatable bonds is 4. The molecule has 0 unspecified atom stereocenters. The Morgan fingerprint density at radius 2 is 2.30 bits per heavy atom. The lowest BCUT2D eigenvalue weighted by atomic mass is 10.2. The van der Waals surface area contributed by atoms with Gasteiger partial charge < -0.3 is 5.32 Å². The van der Waals surface area contributed by atoms with Crippen LogP contribution in [0.3, 0.4) is 0 Å². The number of thiocarbonyl (C=S) groups is 1. The topological polar surface area (TPSA) is 68.5 Å². The van der Waals surface area contributed by atoms with E-state index in [9.17, 15) is 9.18 Å². The number of hydrogen-bond donors (Lipinski definition) is 1. The van der Waals surface area contributed by atoms with E-state index in [4.69, 9.17) is 16.9 Å². The van der Waals surface area contributed by atoms with Gasteiger partial charge in [-0.1, -0.05) is 23.8 Å². The molecule has 0 radical (unpaired) electrons. The van der Waals surface area contributed by atoms with Gasteiger partial charge in [0, 0.05) is 7.05 Å². The molecule has 0 aliphatic heterocycles. The summed E-state index contributed by atoms with van der Waals surface area (Å²) < 4.78 is 13.8. The lowest BCUT2D eigenvalue weighted by Crippen LogP contribution is -2.29. The molecule has 1 rings (SSSR count). The van der Waals surface area contributed by atoms with Crippen molar-refractivity contribution >= 4 is 46.6 Å². The average Bonchev–Trinajstić information content (AvgIpc) is 2.40. The highest BCUT2D eigenvalue weighted by atomic mass is 35.5. The van der Waals surface area contributed by atoms with Crippen LogP contribution in [0.2, 0.25) is 5.02 Å². The monoisotopic (exact) mass is 312 g/mol. The van der Waals surface area contributed by atoms with Crippen molar-refractivity contribution in [2.24, 2.45) is 5.10 Å². The molecule has 0 heterocycles. The smallest absolute Gasteiger partial charge is 0.271 e. The molecule has 0 aliphatic rings. The van der Waals surface area contributed by atoms with E-state index < -0.39 is 11.7 Å². The van der Waals surface area contributed by atoms with Crippen LogP contribution in [-0.4, -0.2) is 24.2 Å². The lowest BCUT2D eigenvalue weighted by Gasteiger charge is -2.15. The minimum absolute atomic E-state index is 0.0282. The van der Waals surface area contributed by atoms with E-state index in [0.29, 0.717) is 0 Å². The minimum Gasteiger partial charge on any atom is -0.318 e. The number of anilines is 1. The van der Waals surface area contributed by atoms with Crippen LogP contribution in [0, 0.1) is 17.1 Å². The molecular weight excluding hydrogens is 303 g/mol. The zero-order valence-corrected chi connectivity index (χ0v) is 12.2. The molecule has 0 fully saturated rings. The molecular formula is C12H10ClFN4OS. The Morgan fingerprint density at radius 1 is 1.65 bits per heavy atom. The summed E-state index contributed by atoms with van der Waals surface area (Å²) in [6, 6.07) is 4.05. The maximum atomic E-state index is 13.8. The van der Waals surface area contributed by atoms with Crippen molar-refractivity contribution in [3.63, 3.8) is 0 Å².